The monoisotopic (exact) mass is 287 g/mol. The van der Waals surface area contributed by atoms with Gasteiger partial charge in [0.05, 0.1) is 4.92 Å². The third-order valence-corrected chi connectivity index (χ3v) is 2.53. The normalized spacial score (nSPS) is 10.5. The van der Waals surface area contributed by atoms with Crippen LogP contribution in [0.1, 0.15) is 5.56 Å². The molecule has 21 heavy (non-hydrogen) atoms. The molecule has 0 aliphatic carbocycles. The van der Waals surface area contributed by atoms with Crippen LogP contribution in [0.2, 0.25) is 0 Å². The highest BCUT2D eigenvalue weighted by Gasteiger charge is 2.06. The molecule has 2 rings (SSSR count). The van der Waals surface area contributed by atoms with E-state index in [-0.39, 0.29) is 11.4 Å². The number of nitro groups is 1. The van der Waals surface area contributed by atoms with Gasteiger partial charge in [0.25, 0.3) is 5.69 Å². The summed E-state index contributed by atoms with van der Waals surface area (Å²) >= 11 is 0. The highest BCUT2D eigenvalue weighted by Crippen LogP contribution is 2.17. The molecule has 0 heterocycles. The van der Waals surface area contributed by atoms with Crippen molar-refractivity contribution in [2.75, 3.05) is 0 Å². The van der Waals surface area contributed by atoms with Gasteiger partial charge in [0.1, 0.15) is 11.6 Å². The summed E-state index contributed by atoms with van der Waals surface area (Å²) in [5.41, 5.74) is 0.431. The number of hydrogen-bond donors (Lipinski definition) is 0. The van der Waals surface area contributed by atoms with E-state index in [4.69, 9.17) is 4.74 Å². The number of nitro benzene ring substituents is 1. The van der Waals surface area contributed by atoms with Crippen molar-refractivity contribution in [1.29, 1.82) is 0 Å². The fourth-order valence-electron chi connectivity index (χ4n) is 1.56. The van der Waals surface area contributed by atoms with Gasteiger partial charge in [0.2, 0.25) is 0 Å². The Morgan fingerprint density at radius 2 is 1.90 bits per heavy atom. The number of non-ortho nitro benzene ring substituents is 1. The largest absolute Gasteiger partial charge is 0.423 e. The Labute approximate surface area is 119 Å². The molecule has 106 valence electrons. The van der Waals surface area contributed by atoms with E-state index < -0.39 is 16.7 Å². The fourth-order valence-corrected chi connectivity index (χ4v) is 1.56. The average molecular weight is 287 g/mol. The number of carbonyl (C=O) groups is 1. The van der Waals surface area contributed by atoms with E-state index in [1.54, 1.807) is 6.07 Å². The Kier molecular flexibility index (Phi) is 4.40. The summed E-state index contributed by atoms with van der Waals surface area (Å²) in [5, 5.41) is 10.5. The van der Waals surface area contributed by atoms with Gasteiger partial charge in [-0.1, -0.05) is 12.1 Å². The Balaban J connectivity index is 1.99. The first-order chi connectivity index (χ1) is 10.0. The lowest BCUT2D eigenvalue weighted by atomic mass is 10.2. The summed E-state index contributed by atoms with van der Waals surface area (Å²) in [6, 6.07) is 10.9. The highest BCUT2D eigenvalue weighted by atomic mass is 19.1. The van der Waals surface area contributed by atoms with Gasteiger partial charge in [-0.05, 0) is 35.9 Å². The van der Waals surface area contributed by atoms with Crippen LogP contribution in [0.4, 0.5) is 10.1 Å². The summed E-state index contributed by atoms with van der Waals surface area (Å²) in [7, 11) is 0. The number of hydrogen-bond acceptors (Lipinski definition) is 4. The second-order valence-corrected chi connectivity index (χ2v) is 4.06. The van der Waals surface area contributed by atoms with Crippen LogP contribution in [0.3, 0.4) is 0 Å². The van der Waals surface area contributed by atoms with Crippen LogP contribution in [-0.4, -0.2) is 10.9 Å². The molecule has 0 saturated heterocycles. The van der Waals surface area contributed by atoms with Gasteiger partial charge >= 0.3 is 5.97 Å². The van der Waals surface area contributed by atoms with Crippen molar-refractivity contribution in [3.8, 4) is 5.75 Å². The van der Waals surface area contributed by atoms with E-state index in [0.717, 1.165) is 6.08 Å². The maximum absolute atomic E-state index is 12.9. The molecule has 0 aromatic heterocycles. The highest BCUT2D eigenvalue weighted by molar-refractivity contribution is 5.88. The second-order valence-electron chi connectivity index (χ2n) is 4.06. The Morgan fingerprint density at radius 1 is 1.19 bits per heavy atom. The molecule has 6 heteroatoms. The smallest absolute Gasteiger partial charge is 0.336 e. The van der Waals surface area contributed by atoms with Crippen LogP contribution in [-0.2, 0) is 4.79 Å². The Hall–Kier alpha value is -3.02. The number of ether oxygens (including phenoxy) is 1. The predicted octanol–water partition coefficient (Wildman–Crippen LogP) is 3.35. The number of benzene rings is 2. The minimum atomic E-state index is -0.659. The van der Waals surface area contributed by atoms with Crippen LogP contribution >= 0.6 is 0 Å². The third-order valence-electron chi connectivity index (χ3n) is 2.53. The summed E-state index contributed by atoms with van der Waals surface area (Å²) in [5.74, 6) is -0.872. The van der Waals surface area contributed by atoms with E-state index in [1.807, 2.05) is 0 Å². The zero-order chi connectivity index (χ0) is 15.2. The molecular formula is C15H10FNO4. The molecule has 0 bridgehead atoms. The molecule has 0 fully saturated rings. The van der Waals surface area contributed by atoms with Crippen LogP contribution in [0, 0.1) is 15.9 Å². The Morgan fingerprint density at radius 3 is 2.52 bits per heavy atom. The molecule has 2 aromatic carbocycles. The molecule has 0 amide bonds. The zero-order valence-corrected chi connectivity index (χ0v) is 10.7. The molecule has 0 radical (unpaired) electrons. The lowest BCUT2D eigenvalue weighted by molar-refractivity contribution is -0.384. The number of nitrogens with zero attached hydrogens (tertiary/aromatic N) is 1. The summed E-state index contributed by atoms with van der Waals surface area (Å²) in [6.07, 6.45) is 2.56. The molecular weight excluding hydrogens is 277 g/mol. The molecule has 0 aliphatic rings. The summed E-state index contributed by atoms with van der Waals surface area (Å²) in [6.45, 7) is 0. The van der Waals surface area contributed by atoms with E-state index in [2.05, 4.69) is 0 Å². The molecule has 0 atom stereocenters. The zero-order valence-electron chi connectivity index (χ0n) is 10.7. The number of carbonyl (C=O) groups excluding carboxylic acids is 1. The van der Waals surface area contributed by atoms with Gasteiger partial charge in [0.15, 0.2) is 0 Å². The van der Waals surface area contributed by atoms with Gasteiger partial charge in [-0.25, -0.2) is 9.18 Å². The summed E-state index contributed by atoms with van der Waals surface area (Å²) in [4.78, 5) is 21.5. The van der Waals surface area contributed by atoms with Crippen LogP contribution in [0.25, 0.3) is 6.08 Å². The maximum atomic E-state index is 12.9. The van der Waals surface area contributed by atoms with Crippen molar-refractivity contribution in [2.45, 2.75) is 0 Å². The second kappa shape index (κ2) is 6.42. The molecule has 2 aromatic rings. The molecule has 0 saturated carbocycles. The van der Waals surface area contributed by atoms with Crippen molar-refractivity contribution >= 4 is 17.7 Å². The first-order valence-corrected chi connectivity index (χ1v) is 5.94. The standard InChI is InChI=1S/C15H10FNO4/c16-12-3-1-2-11(10-12)4-9-15(18)21-14-7-5-13(6-8-14)17(19)20/h1-10H/b9-4+. The number of esters is 1. The van der Waals surface area contributed by atoms with Gasteiger partial charge in [-0.3, -0.25) is 10.1 Å². The molecule has 0 spiro atoms. The minimum absolute atomic E-state index is 0.0925. The minimum Gasteiger partial charge on any atom is -0.423 e. The lowest BCUT2D eigenvalue weighted by Crippen LogP contribution is -2.03. The van der Waals surface area contributed by atoms with E-state index in [0.29, 0.717) is 5.56 Å². The fraction of sp³-hybridized carbons (Fsp3) is 0. The van der Waals surface area contributed by atoms with Gasteiger partial charge in [0, 0.05) is 18.2 Å². The van der Waals surface area contributed by atoms with Gasteiger partial charge in [-0.2, -0.15) is 0 Å². The molecule has 0 N–H and O–H groups in total. The van der Waals surface area contributed by atoms with Crippen molar-refractivity contribution < 1.29 is 18.8 Å². The predicted molar refractivity (Wildman–Crippen MR) is 74.2 cm³/mol. The maximum Gasteiger partial charge on any atom is 0.336 e. The molecule has 0 aliphatic heterocycles. The Bertz CT molecular complexity index is 695. The van der Waals surface area contributed by atoms with Gasteiger partial charge in [-0.15, -0.1) is 0 Å². The summed E-state index contributed by atoms with van der Waals surface area (Å²) < 4.78 is 17.9. The van der Waals surface area contributed by atoms with Crippen molar-refractivity contribution in [1.82, 2.24) is 0 Å². The first-order valence-electron chi connectivity index (χ1n) is 5.94. The van der Waals surface area contributed by atoms with E-state index >= 15 is 0 Å². The average Bonchev–Trinajstić information content (AvgIpc) is 2.46. The van der Waals surface area contributed by atoms with Crippen LogP contribution < -0.4 is 4.74 Å². The number of rotatable bonds is 4. The molecule has 0 unspecified atom stereocenters. The van der Waals surface area contributed by atoms with Gasteiger partial charge < -0.3 is 4.74 Å². The van der Waals surface area contributed by atoms with Crippen molar-refractivity contribution in [3.63, 3.8) is 0 Å². The lowest BCUT2D eigenvalue weighted by Gasteiger charge is -2.00. The molecule has 5 nitrogen and oxygen atoms in total. The van der Waals surface area contributed by atoms with Crippen LogP contribution in [0.15, 0.2) is 54.6 Å². The van der Waals surface area contributed by atoms with E-state index in [9.17, 15) is 19.3 Å². The number of halogens is 1. The quantitative estimate of drug-likeness (QED) is 0.284. The van der Waals surface area contributed by atoms with Crippen molar-refractivity contribution in [2.24, 2.45) is 0 Å². The van der Waals surface area contributed by atoms with Crippen molar-refractivity contribution in [3.05, 3.63) is 76.1 Å². The SMILES string of the molecule is O=C(/C=C/c1cccc(F)c1)Oc1ccc([N+](=O)[O-])cc1. The first kappa shape index (κ1) is 14.4. The van der Waals surface area contributed by atoms with E-state index in [1.165, 1.54) is 48.5 Å². The topological polar surface area (TPSA) is 69.4 Å². The third kappa shape index (κ3) is 4.24. The van der Waals surface area contributed by atoms with Crippen LogP contribution in [0.5, 0.6) is 5.75 Å².